The van der Waals surface area contributed by atoms with Gasteiger partial charge in [0.25, 0.3) is 5.56 Å². The van der Waals surface area contributed by atoms with Crippen LogP contribution in [0.5, 0.6) is 5.75 Å². The maximum absolute atomic E-state index is 11.4. The van der Waals surface area contributed by atoms with Gasteiger partial charge in [-0.2, -0.15) is 0 Å². The summed E-state index contributed by atoms with van der Waals surface area (Å²) in [5.41, 5.74) is 7.19. The Bertz CT molecular complexity index is 633. The largest absolute Gasteiger partial charge is 0.493 e. The van der Waals surface area contributed by atoms with E-state index in [1.165, 1.54) is 11.6 Å². The van der Waals surface area contributed by atoms with Crippen molar-refractivity contribution in [2.75, 3.05) is 6.61 Å². The Kier molecular flexibility index (Phi) is 5.11. The molecule has 0 aliphatic carbocycles. The highest BCUT2D eigenvalue weighted by atomic mass is 16.5. The molecule has 0 fully saturated rings. The van der Waals surface area contributed by atoms with Gasteiger partial charge in [0.1, 0.15) is 11.6 Å². The maximum atomic E-state index is 11.4. The molecule has 3 N–H and O–H groups in total. The Morgan fingerprint density at radius 1 is 1.29 bits per heavy atom. The highest BCUT2D eigenvalue weighted by Gasteiger charge is 2.02. The number of nitrogens with one attached hydrogen (secondary N) is 1. The number of hydrogen-bond donors (Lipinski definition) is 2. The van der Waals surface area contributed by atoms with Crippen molar-refractivity contribution in [1.82, 2.24) is 9.97 Å². The van der Waals surface area contributed by atoms with Gasteiger partial charge in [-0.25, -0.2) is 4.98 Å². The maximum Gasteiger partial charge on any atom is 0.251 e. The second-order valence-corrected chi connectivity index (χ2v) is 5.21. The lowest BCUT2D eigenvalue weighted by molar-refractivity contribution is 0.318. The molecule has 0 aliphatic rings. The summed E-state index contributed by atoms with van der Waals surface area (Å²) in [5, 5.41) is 0. The van der Waals surface area contributed by atoms with Crippen LogP contribution in [-0.2, 0) is 13.0 Å². The third-order valence-corrected chi connectivity index (χ3v) is 3.21. The van der Waals surface area contributed by atoms with Crippen LogP contribution in [0, 0.1) is 0 Å². The van der Waals surface area contributed by atoms with Crippen molar-refractivity contribution in [1.29, 1.82) is 0 Å². The lowest BCUT2D eigenvalue weighted by Crippen LogP contribution is -2.16. The molecule has 1 aromatic heterocycles. The first-order chi connectivity index (χ1) is 10.1. The summed E-state index contributed by atoms with van der Waals surface area (Å²) >= 11 is 0. The van der Waals surface area contributed by atoms with E-state index in [0.717, 1.165) is 5.75 Å². The molecular formula is C16H21N3O2. The van der Waals surface area contributed by atoms with Gasteiger partial charge in [0, 0.05) is 19.0 Å². The molecule has 21 heavy (non-hydrogen) atoms. The van der Waals surface area contributed by atoms with Gasteiger partial charge in [-0.1, -0.05) is 26.0 Å². The molecule has 0 saturated carbocycles. The molecule has 5 nitrogen and oxygen atoms in total. The second-order valence-electron chi connectivity index (χ2n) is 5.21. The monoisotopic (exact) mass is 287 g/mol. The zero-order valence-electron chi connectivity index (χ0n) is 12.4. The van der Waals surface area contributed by atoms with Crippen molar-refractivity contribution in [3.8, 4) is 5.75 Å². The Morgan fingerprint density at radius 2 is 2.00 bits per heavy atom. The number of aromatic nitrogens is 2. The van der Waals surface area contributed by atoms with Crippen LogP contribution in [0.3, 0.4) is 0 Å². The fourth-order valence-corrected chi connectivity index (χ4v) is 2.00. The topological polar surface area (TPSA) is 81.0 Å². The molecule has 0 bridgehead atoms. The number of nitrogens with two attached hydrogens (primary N) is 1. The zero-order chi connectivity index (χ0) is 15.2. The van der Waals surface area contributed by atoms with E-state index in [1.54, 1.807) is 0 Å². The van der Waals surface area contributed by atoms with Gasteiger partial charge in [0.15, 0.2) is 0 Å². The van der Waals surface area contributed by atoms with Crippen LogP contribution in [-0.4, -0.2) is 16.6 Å². The molecule has 2 rings (SSSR count). The Balaban J connectivity index is 1.92. The molecule has 1 heterocycles. The summed E-state index contributed by atoms with van der Waals surface area (Å²) in [5.74, 6) is 1.92. The van der Waals surface area contributed by atoms with Crippen LogP contribution in [0.4, 0.5) is 0 Å². The molecule has 0 aliphatic heterocycles. The highest BCUT2D eigenvalue weighted by molar-refractivity contribution is 5.28. The predicted octanol–water partition coefficient (Wildman–Crippen LogP) is 1.97. The number of aromatic amines is 1. The van der Waals surface area contributed by atoms with Gasteiger partial charge in [-0.3, -0.25) is 4.79 Å². The smallest absolute Gasteiger partial charge is 0.251 e. The van der Waals surface area contributed by atoms with Crippen molar-refractivity contribution in [3.05, 3.63) is 57.8 Å². The molecule has 0 amide bonds. The summed E-state index contributed by atoms with van der Waals surface area (Å²) in [6, 6.07) is 9.46. The lowest BCUT2D eigenvalue weighted by atomic mass is 10.0. The molecule has 5 heteroatoms. The Labute approximate surface area is 124 Å². The normalized spacial score (nSPS) is 10.9. The van der Waals surface area contributed by atoms with E-state index in [-0.39, 0.29) is 12.1 Å². The molecule has 0 radical (unpaired) electrons. The standard InChI is InChI=1S/C16H21N3O2/c1-11(2)12-3-5-14(6-4-12)21-8-7-15-18-13(10-17)9-16(20)19-15/h3-6,9,11H,7-8,10,17H2,1-2H3,(H,18,19,20). The fourth-order valence-electron chi connectivity index (χ4n) is 2.00. The van der Waals surface area contributed by atoms with Crippen molar-refractivity contribution >= 4 is 0 Å². The minimum Gasteiger partial charge on any atom is -0.493 e. The minimum atomic E-state index is -0.179. The summed E-state index contributed by atoms with van der Waals surface area (Å²) in [7, 11) is 0. The third kappa shape index (κ3) is 4.43. The van der Waals surface area contributed by atoms with Crippen molar-refractivity contribution in [2.45, 2.75) is 32.7 Å². The first-order valence-corrected chi connectivity index (χ1v) is 7.10. The van der Waals surface area contributed by atoms with Gasteiger partial charge in [0.05, 0.1) is 12.3 Å². The summed E-state index contributed by atoms with van der Waals surface area (Å²) in [6.45, 7) is 5.02. The highest BCUT2D eigenvalue weighted by Crippen LogP contribution is 2.18. The van der Waals surface area contributed by atoms with Gasteiger partial charge in [-0.05, 0) is 23.6 Å². The molecule has 2 aromatic rings. The molecule has 1 aromatic carbocycles. The van der Waals surface area contributed by atoms with Gasteiger partial charge < -0.3 is 15.5 Å². The zero-order valence-corrected chi connectivity index (χ0v) is 12.4. The van der Waals surface area contributed by atoms with E-state index < -0.39 is 0 Å². The summed E-state index contributed by atoms with van der Waals surface area (Å²) in [6.07, 6.45) is 0.537. The molecule has 0 spiro atoms. The number of H-pyrrole nitrogens is 1. The van der Waals surface area contributed by atoms with Crippen LogP contribution in [0.2, 0.25) is 0 Å². The van der Waals surface area contributed by atoms with Crippen molar-refractivity contribution in [2.24, 2.45) is 5.73 Å². The van der Waals surface area contributed by atoms with Crippen LogP contribution >= 0.6 is 0 Å². The summed E-state index contributed by atoms with van der Waals surface area (Å²) < 4.78 is 5.66. The predicted molar refractivity (Wildman–Crippen MR) is 82.5 cm³/mol. The van der Waals surface area contributed by atoms with Crippen LogP contribution in [0.25, 0.3) is 0 Å². The van der Waals surface area contributed by atoms with Crippen molar-refractivity contribution < 1.29 is 4.74 Å². The van der Waals surface area contributed by atoms with E-state index in [0.29, 0.717) is 30.5 Å². The SMILES string of the molecule is CC(C)c1ccc(OCCc2nc(CN)cc(=O)[nH]2)cc1. The first-order valence-electron chi connectivity index (χ1n) is 7.10. The van der Waals surface area contributed by atoms with E-state index in [9.17, 15) is 4.79 Å². The molecule has 0 saturated heterocycles. The van der Waals surface area contributed by atoms with Crippen LogP contribution in [0.15, 0.2) is 35.1 Å². The second kappa shape index (κ2) is 7.04. The third-order valence-electron chi connectivity index (χ3n) is 3.21. The summed E-state index contributed by atoms with van der Waals surface area (Å²) in [4.78, 5) is 18.4. The first kappa shape index (κ1) is 15.3. The fraction of sp³-hybridized carbons (Fsp3) is 0.375. The van der Waals surface area contributed by atoms with Crippen LogP contribution < -0.4 is 16.0 Å². The molecular weight excluding hydrogens is 266 g/mol. The van der Waals surface area contributed by atoms with E-state index in [4.69, 9.17) is 10.5 Å². The molecule has 0 unspecified atom stereocenters. The van der Waals surface area contributed by atoms with E-state index >= 15 is 0 Å². The molecule has 112 valence electrons. The van der Waals surface area contributed by atoms with Crippen LogP contribution in [0.1, 0.15) is 36.8 Å². The quantitative estimate of drug-likeness (QED) is 0.851. The van der Waals surface area contributed by atoms with E-state index in [1.807, 2.05) is 12.1 Å². The number of hydrogen-bond acceptors (Lipinski definition) is 4. The average molecular weight is 287 g/mol. The van der Waals surface area contributed by atoms with Crippen molar-refractivity contribution in [3.63, 3.8) is 0 Å². The number of ether oxygens (including phenoxy) is 1. The number of benzene rings is 1. The Hall–Kier alpha value is -2.14. The van der Waals surface area contributed by atoms with Gasteiger partial charge >= 0.3 is 0 Å². The Morgan fingerprint density at radius 3 is 2.62 bits per heavy atom. The molecule has 0 atom stereocenters. The van der Waals surface area contributed by atoms with E-state index in [2.05, 4.69) is 35.9 Å². The number of rotatable bonds is 6. The number of nitrogens with zero attached hydrogens (tertiary/aromatic N) is 1. The average Bonchev–Trinajstić information content (AvgIpc) is 2.47. The van der Waals surface area contributed by atoms with Gasteiger partial charge in [-0.15, -0.1) is 0 Å². The minimum absolute atomic E-state index is 0.179. The lowest BCUT2D eigenvalue weighted by Gasteiger charge is -2.09. The van der Waals surface area contributed by atoms with Gasteiger partial charge in [0.2, 0.25) is 0 Å².